The fraction of sp³-hybridized carbons (Fsp3) is 0.364. The van der Waals surface area contributed by atoms with E-state index in [0.717, 1.165) is 0 Å². The van der Waals surface area contributed by atoms with Crippen LogP contribution in [0.1, 0.15) is 29.8 Å². The van der Waals surface area contributed by atoms with E-state index < -0.39 is 21.2 Å². The number of hydrogen-bond acceptors (Lipinski definition) is 3. The van der Waals surface area contributed by atoms with Crippen LogP contribution in [0.5, 0.6) is 0 Å². The summed E-state index contributed by atoms with van der Waals surface area (Å²) in [6.45, 7) is 3.35. The third-order valence-corrected chi connectivity index (χ3v) is 4.10. The zero-order valence-corrected chi connectivity index (χ0v) is 10.6. The number of primary amides is 1. The molecule has 0 radical (unpaired) electrons. The molecule has 6 heteroatoms. The predicted octanol–water partition coefficient (Wildman–Crippen LogP) is 0.613. The van der Waals surface area contributed by atoms with Crippen molar-refractivity contribution in [2.75, 3.05) is 0 Å². The van der Waals surface area contributed by atoms with Crippen LogP contribution in [-0.2, 0) is 16.6 Å². The van der Waals surface area contributed by atoms with Gasteiger partial charge in [-0.25, -0.2) is 13.1 Å². The number of carbonyl (C=O) groups is 1. The number of nitrogens with one attached hydrogen (secondary N) is 1. The van der Waals surface area contributed by atoms with Crippen LogP contribution in [0.4, 0.5) is 0 Å². The van der Waals surface area contributed by atoms with E-state index in [1.807, 2.05) is 0 Å². The molecule has 0 aliphatic carbocycles. The van der Waals surface area contributed by atoms with Gasteiger partial charge in [-0.1, -0.05) is 12.1 Å². The Morgan fingerprint density at radius 2 is 2.06 bits per heavy atom. The number of benzene rings is 1. The van der Waals surface area contributed by atoms with Crippen molar-refractivity contribution in [3.8, 4) is 0 Å². The summed E-state index contributed by atoms with van der Waals surface area (Å²) in [7, 11) is -3.30. The van der Waals surface area contributed by atoms with E-state index in [-0.39, 0.29) is 6.54 Å². The van der Waals surface area contributed by atoms with E-state index in [9.17, 15) is 13.2 Å². The summed E-state index contributed by atoms with van der Waals surface area (Å²) in [6, 6.07) is 6.56. The molecule has 0 unspecified atom stereocenters. The highest BCUT2D eigenvalue weighted by molar-refractivity contribution is 7.90. The van der Waals surface area contributed by atoms with E-state index in [1.165, 1.54) is 0 Å². The van der Waals surface area contributed by atoms with E-state index in [0.29, 0.717) is 11.1 Å². The maximum absolute atomic E-state index is 11.5. The first-order valence-electron chi connectivity index (χ1n) is 5.20. The van der Waals surface area contributed by atoms with Gasteiger partial charge < -0.3 is 5.73 Å². The molecule has 0 spiro atoms. The Balaban J connectivity index is 2.77. The number of rotatable bonds is 5. The Bertz CT molecular complexity index is 509. The number of amides is 1. The average Bonchev–Trinajstić information content (AvgIpc) is 2.26. The molecule has 0 atom stereocenters. The van der Waals surface area contributed by atoms with E-state index >= 15 is 0 Å². The van der Waals surface area contributed by atoms with Gasteiger partial charge in [0, 0.05) is 12.1 Å². The standard InChI is InChI=1S/C11H16N2O3S/c1-8(2)17(15,16)13-7-9-4-3-5-10(6-9)11(12)14/h3-6,8,13H,7H2,1-2H3,(H2,12,14). The molecule has 0 aliphatic rings. The van der Waals surface area contributed by atoms with Gasteiger partial charge in [-0.05, 0) is 31.5 Å². The maximum Gasteiger partial charge on any atom is 0.248 e. The minimum atomic E-state index is -3.30. The lowest BCUT2D eigenvalue weighted by molar-refractivity contribution is 0.1000. The fourth-order valence-corrected chi connectivity index (χ4v) is 1.89. The molecule has 0 bridgehead atoms. The SMILES string of the molecule is CC(C)S(=O)(=O)NCc1cccc(C(N)=O)c1. The third-order valence-electron chi connectivity index (χ3n) is 2.31. The largest absolute Gasteiger partial charge is 0.366 e. The molecular weight excluding hydrogens is 240 g/mol. The van der Waals surface area contributed by atoms with Crippen molar-refractivity contribution in [1.29, 1.82) is 0 Å². The van der Waals surface area contributed by atoms with Crippen molar-refractivity contribution in [3.05, 3.63) is 35.4 Å². The average molecular weight is 256 g/mol. The molecule has 1 rings (SSSR count). The van der Waals surface area contributed by atoms with Crippen molar-refractivity contribution >= 4 is 15.9 Å². The predicted molar refractivity (Wildman–Crippen MR) is 65.9 cm³/mol. The number of carbonyl (C=O) groups excluding carboxylic acids is 1. The number of nitrogens with two attached hydrogens (primary N) is 1. The second-order valence-corrected chi connectivity index (χ2v) is 6.30. The smallest absolute Gasteiger partial charge is 0.248 e. The monoisotopic (exact) mass is 256 g/mol. The quantitative estimate of drug-likeness (QED) is 0.809. The molecular formula is C11H16N2O3S. The highest BCUT2D eigenvalue weighted by Crippen LogP contribution is 2.06. The molecule has 0 aliphatic heterocycles. The zero-order chi connectivity index (χ0) is 13.1. The van der Waals surface area contributed by atoms with Crippen LogP contribution in [0.25, 0.3) is 0 Å². The molecule has 17 heavy (non-hydrogen) atoms. The second kappa shape index (κ2) is 5.29. The first-order valence-corrected chi connectivity index (χ1v) is 6.75. The van der Waals surface area contributed by atoms with Crippen LogP contribution in [0, 0.1) is 0 Å². The highest BCUT2D eigenvalue weighted by atomic mass is 32.2. The van der Waals surface area contributed by atoms with Gasteiger partial charge in [0.2, 0.25) is 15.9 Å². The van der Waals surface area contributed by atoms with Crippen molar-refractivity contribution in [2.24, 2.45) is 5.73 Å². The van der Waals surface area contributed by atoms with Crippen molar-refractivity contribution in [1.82, 2.24) is 4.72 Å². The minimum Gasteiger partial charge on any atom is -0.366 e. The summed E-state index contributed by atoms with van der Waals surface area (Å²) >= 11 is 0. The lowest BCUT2D eigenvalue weighted by Gasteiger charge is -2.09. The Hall–Kier alpha value is -1.40. The van der Waals surface area contributed by atoms with Gasteiger partial charge in [-0.3, -0.25) is 4.79 Å². The van der Waals surface area contributed by atoms with Crippen molar-refractivity contribution < 1.29 is 13.2 Å². The molecule has 5 nitrogen and oxygen atoms in total. The van der Waals surface area contributed by atoms with E-state index in [1.54, 1.807) is 38.1 Å². The number of hydrogen-bond donors (Lipinski definition) is 2. The summed E-state index contributed by atoms with van der Waals surface area (Å²) in [6.07, 6.45) is 0. The lowest BCUT2D eigenvalue weighted by atomic mass is 10.1. The summed E-state index contributed by atoms with van der Waals surface area (Å²) in [5.41, 5.74) is 6.20. The molecule has 1 aromatic rings. The van der Waals surface area contributed by atoms with Crippen LogP contribution in [0.15, 0.2) is 24.3 Å². The Labute approximate surface area is 101 Å². The molecule has 1 aromatic carbocycles. The topological polar surface area (TPSA) is 89.3 Å². The number of sulfonamides is 1. The van der Waals surface area contributed by atoms with Gasteiger partial charge in [0.1, 0.15) is 0 Å². The van der Waals surface area contributed by atoms with Crippen LogP contribution < -0.4 is 10.5 Å². The fourth-order valence-electron chi connectivity index (χ4n) is 1.19. The van der Waals surface area contributed by atoms with Gasteiger partial charge in [0.25, 0.3) is 0 Å². The van der Waals surface area contributed by atoms with Crippen LogP contribution in [-0.4, -0.2) is 19.6 Å². The molecule has 0 aromatic heterocycles. The van der Waals surface area contributed by atoms with Crippen LogP contribution in [0.2, 0.25) is 0 Å². The van der Waals surface area contributed by atoms with Crippen molar-refractivity contribution in [2.45, 2.75) is 25.6 Å². The summed E-state index contributed by atoms with van der Waals surface area (Å²) in [4.78, 5) is 10.9. The highest BCUT2D eigenvalue weighted by Gasteiger charge is 2.14. The van der Waals surface area contributed by atoms with Gasteiger partial charge in [-0.15, -0.1) is 0 Å². The summed E-state index contributed by atoms with van der Waals surface area (Å²) < 4.78 is 25.5. The lowest BCUT2D eigenvalue weighted by Crippen LogP contribution is -2.30. The maximum atomic E-state index is 11.5. The first-order chi connectivity index (χ1) is 7.83. The summed E-state index contributed by atoms with van der Waals surface area (Å²) in [5, 5.41) is -0.484. The van der Waals surface area contributed by atoms with Crippen molar-refractivity contribution in [3.63, 3.8) is 0 Å². The molecule has 0 saturated heterocycles. The Morgan fingerprint density at radius 1 is 1.41 bits per heavy atom. The zero-order valence-electron chi connectivity index (χ0n) is 9.80. The second-order valence-electron chi connectivity index (χ2n) is 3.98. The van der Waals surface area contributed by atoms with Crippen LogP contribution >= 0.6 is 0 Å². The molecule has 1 amide bonds. The van der Waals surface area contributed by atoms with Crippen LogP contribution in [0.3, 0.4) is 0 Å². The Kier molecular flexibility index (Phi) is 4.25. The van der Waals surface area contributed by atoms with E-state index in [4.69, 9.17) is 5.73 Å². The third kappa shape index (κ3) is 3.83. The molecule has 0 heterocycles. The van der Waals surface area contributed by atoms with Gasteiger partial charge >= 0.3 is 0 Å². The van der Waals surface area contributed by atoms with Gasteiger partial charge in [0.15, 0.2) is 0 Å². The molecule has 0 saturated carbocycles. The summed E-state index contributed by atoms with van der Waals surface area (Å²) in [5.74, 6) is -0.529. The normalized spacial score (nSPS) is 11.7. The molecule has 0 fully saturated rings. The van der Waals surface area contributed by atoms with E-state index in [2.05, 4.69) is 4.72 Å². The van der Waals surface area contributed by atoms with Gasteiger partial charge in [-0.2, -0.15) is 0 Å². The Morgan fingerprint density at radius 3 is 2.59 bits per heavy atom. The molecule has 94 valence electrons. The minimum absolute atomic E-state index is 0.154. The van der Waals surface area contributed by atoms with Gasteiger partial charge in [0.05, 0.1) is 5.25 Å². The first kappa shape index (κ1) is 13.7. The molecule has 3 N–H and O–H groups in total.